The quantitative estimate of drug-likeness (QED) is 0.182. The van der Waals surface area contributed by atoms with E-state index in [1.807, 2.05) is 66.7 Å². The van der Waals surface area contributed by atoms with Gasteiger partial charge < -0.3 is 0 Å². The lowest BCUT2D eigenvalue weighted by Gasteiger charge is -2.17. The highest BCUT2D eigenvalue weighted by molar-refractivity contribution is 6.88. The number of hydrogen-bond donors (Lipinski definition) is 0. The molecule has 0 bridgehead atoms. The maximum atomic E-state index is 8.64. The first-order valence-electron chi connectivity index (χ1n) is 17.1. The minimum atomic E-state index is -1.40. The fourth-order valence-electron chi connectivity index (χ4n) is 5.31. The molecular weight excluding hydrogens is 551 g/mol. The van der Waals surface area contributed by atoms with Crippen LogP contribution in [0, 0.1) is 0 Å². The lowest BCUT2D eigenvalue weighted by atomic mass is 9.98. The average molecular weight is 589 g/mol. The Balaban J connectivity index is 1.36. The Hall–Kier alpha value is -5.19. The zero-order valence-corrected chi connectivity index (χ0v) is 25.8. The predicted octanol–water partition coefficient (Wildman–Crippen LogP) is 9.90. The minimum absolute atomic E-state index is 0.0133. The topological polar surface area (TPSA) is 38.7 Å². The second kappa shape index (κ2) is 11.5. The number of fused-ring (bicyclic) bond motifs is 1. The van der Waals surface area contributed by atoms with Crippen molar-refractivity contribution in [2.75, 3.05) is 0 Å². The molecule has 0 N–H and O–H groups in total. The normalized spacial score (nSPS) is 13.1. The summed E-state index contributed by atoms with van der Waals surface area (Å²) in [6.45, 7) is 7.04. The molecule has 0 atom stereocenters. The van der Waals surface area contributed by atoms with Gasteiger partial charge in [-0.15, -0.1) is 0 Å². The van der Waals surface area contributed by atoms with E-state index in [0.29, 0.717) is 17.2 Å². The van der Waals surface area contributed by atoms with Crippen molar-refractivity contribution in [2.24, 2.45) is 0 Å². The van der Waals surface area contributed by atoms with Crippen LogP contribution in [-0.4, -0.2) is 23.0 Å². The fraction of sp³-hybridized carbons (Fsp3) is 0.0750. The molecule has 0 spiro atoms. The molecule has 212 valence electrons. The average Bonchev–Trinajstić information content (AvgIpc) is 3.13. The molecule has 0 radical (unpaired) electrons. The van der Waals surface area contributed by atoms with Gasteiger partial charge in [-0.3, -0.25) is 0 Å². The highest BCUT2D eigenvalue weighted by Crippen LogP contribution is 2.31. The Labute approximate surface area is 267 Å². The zero-order valence-electron chi connectivity index (χ0n) is 29.8. The molecule has 0 amide bonds. The first-order chi connectivity index (χ1) is 23.5. The van der Waals surface area contributed by atoms with Gasteiger partial charge in [-0.05, 0) is 51.2 Å². The molecule has 7 rings (SSSR count). The van der Waals surface area contributed by atoms with Crippen LogP contribution in [-0.2, 0) is 0 Å². The van der Waals surface area contributed by atoms with Crippen LogP contribution in [0.25, 0.3) is 67.2 Å². The lowest BCUT2D eigenvalue weighted by Crippen LogP contribution is -2.37. The summed E-state index contributed by atoms with van der Waals surface area (Å²) in [5.74, 6) is 0.686. The van der Waals surface area contributed by atoms with Gasteiger partial charge in [0.15, 0.2) is 17.5 Å². The van der Waals surface area contributed by atoms with Crippen LogP contribution in [0.5, 0.6) is 0 Å². The molecular formula is C40H33N3Si. The number of aromatic nitrogens is 3. The van der Waals surface area contributed by atoms with Gasteiger partial charge in [0.2, 0.25) is 0 Å². The van der Waals surface area contributed by atoms with Crippen molar-refractivity contribution in [3.8, 4) is 56.4 Å². The van der Waals surface area contributed by atoms with Gasteiger partial charge in [0.05, 0.1) is 14.9 Å². The van der Waals surface area contributed by atoms with E-state index in [9.17, 15) is 0 Å². The summed E-state index contributed by atoms with van der Waals surface area (Å²) in [7, 11) is -1.40. The number of hydrogen-bond acceptors (Lipinski definition) is 3. The molecule has 0 aliphatic carbocycles. The molecule has 7 aromatic rings. The summed E-state index contributed by atoms with van der Waals surface area (Å²) in [5.41, 5.74) is 5.63. The third kappa shape index (κ3) is 5.72. The van der Waals surface area contributed by atoms with Gasteiger partial charge in [0.1, 0.15) is 0 Å². The Morgan fingerprint density at radius 1 is 0.432 bits per heavy atom. The summed E-state index contributed by atoms with van der Waals surface area (Å²) < 4.78 is 41.9. The van der Waals surface area contributed by atoms with Gasteiger partial charge in [0, 0.05) is 16.7 Å². The molecule has 0 saturated carbocycles. The second-order valence-corrected chi connectivity index (χ2v) is 16.9. The Morgan fingerprint density at radius 3 is 1.57 bits per heavy atom. The summed E-state index contributed by atoms with van der Waals surface area (Å²) in [6.07, 6.45) is 0. The van der Waals surface area contributed by atoms with E-state index < -0.39 is 26.2 Å². The maximum Gasteiger partial charge on any atom is 0.164 e. The van der Waals surface area contributed by atoms with Crippen LogP contribution in [0.3, 0.4) is 0 Å². The third-order valence-corrected chi connectivity index (χ3v) is 9.83. The van der Waals surface area contributed by atoms with Crippen LogP contribution in [0.15, 0.2) is 145 Å². The van der Waals surface area contributed by atoms with Crippen LogP contribution in [0.1, 0.15) is 6.85 Å². The van der Waals surface area contributed by atoms with Gasteiger partial charge in [-0.2, -0.15) is 0 Å². The Bertz CT molecular complexity index is 2360. The van der Waals surface area contributed by atoms with E-state index in [2.05, 4.69) is 68.2 Å². The van der Waals surface area contributed by atoms with E-state index in [0.717, 1.165) is 38.6 Å². The van der Waals surface area contributed by atoms with Crippen molar-refractivity contribution in [3.05, 3.63) is 145 Å². The van der Waals surface area contributed by atoms with Crippen LogP contribution in [0.2, 0.25) is 19.6 Å². The highest BCUT2D eigenvalue weighted by Gasteiger charge is 2.16. The predicted molar refractivity (Wildman–Crippen MR) is 187 cm³/mol. The molecule has 1 aromatic heterocycles. The number of benzene rings is 6. The van der Waals surface area contributed by atoms with Gasteiger partial charge in [-0.1, -0.05) is 152 Å². The van der Waals surface area contributed by atoms with E-state index in [1.165, 1.54) is 5.19 Å². The molecule has 0 aliphatic rings. The summed E-state index contributed by atoms with van der Waals surface area (Å²) in [6, 6.07) is 37.0. The van der Waals surface area contributed by atoms with Crippen molar-refractivity contribution < 1.29 is 6.85 Å². The van der Waals surface area contributed by atoms with Crippen molar-refractivity contribution in [2.45, 2.75) is 19.6 Å². The Kier molecular flexibility index (Phi) is 5.83. The highest BCUT2D eigenvalue weighted by atomic mass is 28.3. The van der Waals surface area contributed by atoms with E-state index in [-0.39, 0.29) is 23.5 Å². The van der Waals surface area contributed by atoms with E-state index >= 15 is 0 Å². The molecule has 0 fully saturated rings. The molecule has 0 aliphatic heterocycles. The molecule has 0 unspecified atom stereocenters. The van der Waals surface area contributed by atoms with E-state index in [1.54, 1.807) is 0 Å². The molecule has 0 saturated heterocycles. The molecule has 44 heavy (non-hydrogen) atoms. The van der Waals surface area contributed by atoms with Crippen LogP contribution in [0.4, 0.5) is 0 Å². The van der Waals surface area contributed by atoms with Crippen molar-refractivity contribution in [1.82, 2.24) is 15.0 Å². The van der Waals surface area contributed by atoms with Crippen molar-refractivity contribution in [3.63, 3.8) is 0 Å². The number of rotatable bonds is 6. The second-order valence-electron chi connectivity index (χ2n) is 11.9. The first kappa shape index (κ1) is 22.4. The van der Waals surface area contributed by atoms with E-state index in [4.69, 9.17) is 21.8 Å². The molecule has 3 nitrogen and oxygen atoms in total. The largest absolute Gasteiger partial charge is 0.208 e. The molecule has 1 heterocycles. The zero-order chi connectivity index (χ0) is 34.4. The Morgan fingerprint density at radius 2 is 0.932 bits per heavy atom. The smallest absolute Gasteiger partial charge is 0.164 e. The molecule has 4 heteroatoms. The molecule has 6 aromatic carbocycles. The fourth-order valence-corrected chi connectivity index (χ4v) is 6.48. The van der Waals surface area contributed by atoms with Crippen LogP contribution < -0.4 is 5.19 Å². The van der Waals surface area contributed by atoms with Crippen LogP contribution >= 0.6 is 0 Å². The standard InChI is InChI=1S/C40H33N3Si/c1-44(2,3)37-23-21-29(22-24-37)32-15-9-16-33(25-32)34-17-10-18-35(27-34)39-41-38(30-12-5-4-6-13-30)42-40(43-39)36-20-19-28-11-7-8-14-31(28)26-36/h4-27H,1-3H3/i4D,5D,6D,12D,13D. The first-order valence-corrected chi connectivity index (χ1v) is 18.1. The van der Waals surface area contributed by atoms with Crippen molar-refractivity contribution in [1.29, 1.82) is 0 Å². The minimum Gasteiger partial charge on any atom is -0.208 e. The summed E-state index contributed by atoms with van der Waals surface area (Å²) in [4.78, 5) is 14.3. The lowest BCUT2D eigenvalue weighted by molar-refractivity contribution is 1.07. The summed E-state index contributed by atoms with van der Waals surface area (Å²) >= 11 is 0. The third-order valence-electron chi connectivity index (χ3n) is 7.77. The van der Waals surface area contributed by atoms with Gasteiger partial charge >= 0.3 is 0 Å². The SMILES string of the molecule is [2H]c1c([2H])c([2H])c(-c2nc(-c3cccc(-c4cccc(-c5ccc([Si](C)(C)C)cc5)c4)c3)nc(-c3ccc4ccccc4c3)n2)c([2H])c1[2H]. The van der Waals surface area contributed by atoms with Gasteiger partial charge in [-0.25, -0.2) is 15.0 Å². The summed E-state index contributed by atoms with van der Waals surface area (Å²) in [5, 5.41) is 3.49. The van der Waals surface area contributed by atoms with Crippen molar-refractivity contribution >= 4 is 24.0 Å². The maximum absolute atomic E-state index is 8.64. The van der Waals surface area contributed by atoms with Gasteiger partial charge in [0.25, 0.3) is 0 Å². The monoisotopic (exact) mass is 588 g/mol. The number of nitrogens with zero attached hydrogens (tertiary/aromatic N) is 3.